The minimum atomic E-state index is -0.221. The van der Waals surface area contributed by atoms with Gasteiger partial charge in [-0.3, -0.25) is 4.79 Å². The summed E-state index contributed by atoms with van der Waals surface area (Å²) in [7, 11) is 1.57. The molecule has 0 fully saturated rings. The van der Waals surface area contributed by atoms with Crippen molar-refractivity contribution in [1.82, 2.24) is 10.6 Å². The van der Waals surface area contributed by atoms with E-state index in [9.17, 15) is 9.59 Å². The van der Waals surface area contributed by atoms with Crippen LogP contribution in [-0.2, 0) is 4.79 Å². The summed E-state index contributed by atoms with van der Waals surface area (Å²) >= 11 is 0. The monoisotopic (exact) mass is 700 g/mol. The molecule has 0 aliphatic rings. The molecule has 49 heavy (non-hydrogen) atoms. The molecule has 0 rings (SSSR count). The highest BCUT2D eigenvalue weighted by molar-refractivity contribution is 5.79. The lowest BCUT2D eigenvalue weighted by molar-refractivity contribution is -0.119. The third-order valence-electron chi connectivity index (χ3n) is 9.23. The minimum Gasteiger partial charge on any atom is -0.341 e. The van der Waals surface area contributed by atoms with E-state index in [1.54, 1.807) is 7.05 Å². The van der Waals surface area contributed by atoms with Gasteiger partial charge in [0.25, 0.3) is 0 Å². The summed E-state index contributed by atoms with van der Waals surface area (Å²) < 4.78 is 0. The maximum absolute atomic E-state index is 11.7. The zero-order valence-corrected chi connectivity index (χ0v) is 31.7. The van der Waals surface area contributed by atoms with E-state index in [0.717, 1.165) is 32.5 Å². The predicted octanol–water partition coefficient (Wildman–Crippen LogP) is 11.5. The Balaban J connectivity index is -0.000000424. The second-order valence-electron chi connectivity index (χ2n) is 13.9. The van der Waals surface area contributed by atoms with Crippen molar-refractivity contribution in [2.45, 2.75) is 227 Å². The normalized spacial score (nSPS) is 10.4. The second kappa shape index (κ2) is 51.2. The van der Waals surface area contributed by atoms with Crippen LogP contribution in [0.2, 0.25) is 0 Å². The van der Waals surface area contributed by atoms with Gasteiger partial charge in [0.15, 0.2) is 0 Å². The lowest BCUT2D eigenvalue weighted by Crippen LogP contribution is -2.34. The van der Waals surface area contributed by atoms with E-state index in [-0.39, 0.29) is 26.7 Å². The average Bonchev–Trinajstić information content (AvgIpc) is 3.08. The molecule has 0 atom stereocenters. The van der Waals surface area contributed by atoms with Crippen molar-refractivity contribution in [2.24, 2.45) is 17.2 Å². The summed E-state index contributed by atoms with van der Waals surface area (Å²) in [5.74, 6) is 0.256. The predicted molar refractivity (Wildman–Crippen MR) is 220 cm³/mol. The van der Waals surface area contributed by atoms with Gasteiger partial charge >= 0.3 is 6.03 Å². The number of nitrogens with one attached hydrogen (secondary N) is 2. The van der Waals surface area contributed by atoms with Crippen LogP contribution in [0.15, 0.2) is 0 Å². The van der Waals surface area contributed by atoms with Crippen molar-refractivity contribution in [3.63, 3.8) is 0 Å². The van der Waals surface area contributed by atoms with Crippen molar-refractivity contribution in [2.75, 3.05) is 33.2 Å². The first-order valence-corrected chi connectivity index (χ1v) is 20.7. The maximum atomic E-state index is 11.7. The molecule has 0 heterocycles. The number of nitrogens with two attached hydrogens (primary N) is 3. The quantitative estimate of drug-likeness (QED) is 0.0411. The smallest absolute Gasteiger partial charge is 0.314 e. The van der Waals surface area contributed by atoms with E-state index < -0.39 is 0 Å². The molecule has 0 saturated carbocycles. The molecule has 0 aromatic carbocycles. The Morgan fingerprint density at radius 3 is 0.816 bits per heavy atom. The van der Waals surface area contributed by atoms with Crippen molar-refractivity contribution in [3.8, 4) is 0 Å². The minimum absolute atomic E-state index is 0. The number of hydrogen-bond acceptors (Lipinski definition) is 5. The molecule has 0 spiro atoms. The summed E-state index contributed by atoms with van der Waals surface area (Å²) in [5.41, 5.74) is 16.5. The highest BCUT2D eigenvalue weighted by atomic mass is 16.2. The van der Waals surface area contributed by atoms with Crippen LogP contribution in [0.4, 0.5) is 4.79 Å². The lowest BCUT2D eigenvalue weighted by atomic mass is 10.0. The van der Waals surface area contributed by atoms with E-state index in [1.165, 1.54) is 186 Å². The van der Waals surface area contributed by atoms with Gasteiger partial charge in [-0.1, -0.05) is 188 Å². The standard InChI is InChI=1S/C23H47N3O2.C17H38N2.2CH4/c1-25-23(28)26-21-19-22(27)18-16-14-12-10-8-6-4-2-3-5-7-9-11-13-15-17-20-24;18-16-14-12-10-8-6-4-2-1-3-5-7-9-11-13-15-17-19;;/h2-21,24H2,1H3,(H2,25,26,28);1-19H2;2*1H4. The van der Waals surface area contributed by atoms with Gasteiger partial charge in [-0.2, -0.15) is 0 Å². The number of ketones is 1. The fourth-order valence-electron chi connectivity index (χ4n) is 6.06. The molecule has 0 radical (unpaired) electrons. The Bertz CT molecular complexity index is 590. The molecule has 7 nitrogen and oxygen atoms in total. The Kier molecular flexibility index (Phi) is 57.0. The first-order chi connectivity index (χ1) is 23.1. The van der Waals surface area contributed by atoms with Crippen LogP contribution in [0.1, 0.15) is 227 Å². The topological polar surface area (TPSA) is 136 Å². The first kappa shape index (κ1) is 54.6. The van der Waals surface area contributed by atoms with Crippen molar-refractivity contribution in [3.05, 3.63) is 0 Å². The molecular weight excluding hydrogens is 606 g/mol. The summed E-state index contributed by atoms with van der Waals surface area (Å²) in [5, 5.41) is 5.12. The molecule has 298 valence electrons. The third-order valence-corrected chi connectivity index (χ3v) is 9.23. The number of carbonyl (C=O) groups is 2. The van der Waals surface area contributed by atoms with Gasteiger partial charge < -0.3 is 27.8 Å². The number of amides is 2. The Morgan fingerprint density at radius 2 is 0.592 bits per heavy atom. The van der Waals surface area contributed by atoms with Crippen LogP contribution in [0.25, 0.3) is 0 Å². The summed E-state index contributed by atoms with van der Waals surface area (Å²) in [4.78, 5) is 22.7. The van der Waals surface area contributed by atoms with E-state index in [0.29, 0.717) is 19.4 Å². The molecule has 0 aliphatic carbocycles. The van der Waals surface area contributed by atoms with Gasteiger partial charge in [-0.05, 0) is 45.3 Å². The van der Waals surface area contributed by atoms with Crippen LogP contribution >= 0.6 is 0 Å². The Hall–Kier alpha value is -1.18. The molecular formula is C42H93N5O2. The zero-order valence-electron chi connectivity index (χ0n) is 31.7. The molecule has 0 aromatic heterocycles. The zero-order chi connectivity index (χ0) is 34.7. The summed E-state index contributed by atoms with van der Waals surface area (Å²) in [6, 6.07) is -0.221. The van der Waals surface area contributed by atoms with E-state index in [1.807, 2.05) is 0 Å². The van der Waals surface area contributed by atoms with E-state index in [4.69, 9.17) is 17.2 Å². The molecule has 0 bridgehead atoms. The lowest BCUT2D eigenvalue weighted by Gasteiger charge is -2.05. The number of Topliss-reactive ketones (excluding diaryl/α,β-unsaturated/α-hetero) is 1. The van der Waals surface area contributed by atoms with E-state index >= 15 is 0 Å². The Labute approximate surface area is 308 Å². The SMILES string of the molecule is C.C.CNC(=O)NCCC(=O)CCCCCCCCCCCCCCCCCCN.NCCCCCCCCCCCCCCCCCN. The second-order valence-corrected chi connectivity index (χ2v) is 13.9. The number of urea groups is 1. The van der Waals surface area contributed by atoms with Crippen molar-refractivity contribution < 1.29 is 9.59 Å². The number of unbranched alkanes of at least 4 members (excludes halogenated alkanes) is 29. The van der Waals surface area contributed by atoms with Crippen LogP contribution in [0.5, 0.6) is 0 Å². The van der Waals surface area contributed by atoms with Gasteiger partial charge in [0.2, 0.25) is 0 Å². The van der Waals surface area contributed by atoms with Crippen LogP contribution in [-0.4, -0.2) is 45.0 Å². The summed E-state index contributed by atoms with van der Waals surface area (Å²) in [6.07, 6.45) is 42.9. The fourth-order valence-corrected chi connectivity index (χ4v) is 6.06. The van der Waals surface area contributed by atoms with Crippen molar-refractivity contribution in [1.29, 1.82) is 0 Å². The maximum Gasteiger partial charge on any atom is 0.314 e. The van der Waals surface area contributed by atoms with E-state index in [2.05, 4.69) is 10.6 Å². The average molecular weight is 700 g/mol. The van der Waals surface area contributed by atoms with Gasteiger partial charge in [0.05, 0.1) is 0 Å². The highest BCUT2D eigenvalue weighted by Crippen LogP contribution is 2.15. The molecule has 0 aromatic rings. The molecule has 0 unspecified atom stereocenters. The third kappa shape index (κ3) is 53.8. The number of carbonyl (C=O) groups excluding carboxylic acids is 2. The highest BCUT2D eigenvalue weighted by Gasteiger charge is 2.03. The summed E-state index contributed by atoms with van der Waals surface area (Å²) in [6.45, 7) is 3.02. The van der Waals surface area contributed by atoms with Gasteiger partial charge in [-0.25, -0.2) is 4.79 Å². The first-order valence-electron chi connectivity index (χ1n) is 20.7. The van der Waals surface area contributed by atoms with Crippen LogP contribution in [0.3, 0.4) is 0 Å². The number of hydrogen-bond donors (Lipinski definition) is 5. The van der Waals surface area contributed by atoms with Crippen molar-refractivity contribution >= 4 is 11.8 Å². The molecule has 0 aliphatic heterocycles. The van der Waals surface area contributed by atoms with Crippen LogP contribution < -0.4 is 27.8 Å². The number of rotatable bonds is 37. The van der Waals surface area contributed by atoms with Gasteiger partial charge in [-0.15, -0.1) is 0 Å². The molecule has 7 heteroatoms. The fraction of sp³-hybridized carbons (Fsp3) is 0.952. The van der Waals surface area contributed by atoms with Gasteiger partial charge in [0, 0.05) is 26.4 Å². The molecule has 2 amide bonds. The molecule has 0 saturated heterocycles. The molecule has 8 N–H and O–H groups in total. The van der Waals surface area contributed by atoms with Crippen LogP contribution in [0, 0.1) is 0 Å². The van der Waals surface area contributed by atoms with Gasteiger partial charge in [0.1, 0.15) is 5.78 Å². The largest absolute Gasteiger partial charge is 0.341 e. The Morgan fingerprint density at radius 1 is 0.367 bits per heavy atom.